The van der Waals surface area contributed by atoms with E-state index in [1.54, 1.807) is 18.7 Å². The molecule has 7 nitrogen and oxygen atoms in total. The molecule has 3 aromatic rings. The predicted molar refractivity (Wildman–Crippen MR) is 98.4 cm³/mol. The Morgan fingerprint density at radius 1 is 1.38 bits per heavy atom. The highest BCUT2D eigenvalue weighted by atomic mass is 32.1. The average molecular weight is 369 g/mol. The monoisotopic (exact) mass is 369 g/mol. The summed E-state index contributed by atoms with van der Waals surface area (Å²) in [6.07, 6.45) is 10.4. The maximum absolute atomic E-state index is 12.9. The zero-order chi connectivity index (χ0) is 17.9. The lowest BCUT2D eigenvalue weighted by Crippen LogP contribution is -2.20. The van der Waals surface area contributed by atoms with Gasteiger partial charge in [0, 0.05) is 31.2 Å². The van der Waals surface area contributed by atoms with Crippen molar-refractivity contribution in [3.05, 3.63) is 58.7 Å². The maximum atomic E-state index is 12.9. The first kappa shape index (κ1) is 16.9. The number of nitrogens with one attached hydrogen (secondary N) is 1. The van der Waals surface area contributed by atoms with Crippen molar-refractivity contribution >= 4 is 22.9 Å². The summed E-state index contributed by atoms with van der Waals surface area (Å²) in [5, 5.41) is 15.0. The molecule has 4 rings (SSSR count). The Kier molecular flexibility index (Phi) is 4.77. The summed E-state index contributed by atoms with van der Waals surface area (Å²) in [7, 11) is 0. The number of aromatic nitrogens is 4. The van der Waals surface area contributed by atoms with Crippen molar-refractivity contribution in [2.45, 2.75) is 38.0 Å². The van der Waals surface area contributed by atoms with Gasteiger partial charge in [0.2, 0.25) is 5.78 Å². The molecule has 0 bridgehead atoms. The van der Waals surface area contributed by atoms with Crippen LogP contribution in [0.25, 0.3) is 0 Å². The van der Waals surface area contributed by atoms with E-state index in [2.05, 4.69) is 20.3 Å². The first-order valence-corrected chi connectivity index (χ1v) is 9.39. The molecule has 0 unspecified atom stereocenters. The molecule has 0 radical (unpaired) electrons. The van der Waals surface area contributed by atoms with E-state index < -0.39 is 0 Å². The van der Waals surface area contributed by atoms with E-state index in [1.165, 1.54) is 17.7 Å². The highest BCUT2D eigenvalue weighted by Gasteiger charge is 2.25. The van der Waals surface area contributed by atoms with Gasteiger partial charge in [0.15, 0.2) is 0 Å². The van der Waals surface area contributed by atoms with Crippen molar-refractivity contribution in [2.75, 3.05) is 5.32 Å². The van der Waals surface area contributed by atoms with Crippen LogP contribution >= 0.6 is 11.3 Å². The van der Waals surface area contributed by atoms with Crippen molar-refractivity contribution in [1.82, 2.24) is 19.5 Å². The van der Waals surface area contributed by atoms with Gasteiger partial charge in [-0.25, -0.2) is 15.0 Å². The number of aliphatic hydroxyl groups is 1. The Hall–Kier alpha value is -2.58. The molecule has 0 amide bonds. The molecule has 8 heteroatoms. The summed E-state index contributed by atoms with van der Waals surface area (Å²) >= 11 is 1.42. The summed E-state index contributed by atoms with van der Waals surface area (Å²) in [4.78, 5) is 25.9. The number of aliphatic hydroxyl groups excluding tert-OH is 1. The number of carbonyl (C=O) groups excluding carboxylic acids is 1. The maximum Gasteiger partial charge on any atom is 0.208 e. The standard InChI is InChI=1S/C18H19N5O2S/c24-14-2-1-13(6-14)22-18-15(7-20-10-21-18)17(25)16-5-12(9-26-16)8-23-4-3-19-11-23/h3-5,7,9-11,13-14,24H,1-2,6,8H2,(H,20,21,22)/t13-,14+/m1/s1. The van der Waals surface area contributed by atoms with Gasteiger partial charge >= 0.3 is 0 Å². The fourth-order valence-corrected chi connectivity index (χ4v) is 4.05. The van der Waals surface area contributed by atoms with Crippen LogP contribution in [0.1, 0.15) is 40.1 Å². The molecule has 0 saturated heterocycles. The van der Waals surface area contributed by atoms with Crippen molar-refractivity contribution < 1.29 is 9.90 Å². The quantitative estimate of drug-likeness (QED) is 0.648. The largest absolute Gasteiger partial charge is 0.393 e. The molecule has 1 aliphatic carbocycles. The number of nitrogens with zero attached hydrogens (tertiary/aromatic N) is 4. The molecule has 1 fully saturated rings. The van der Waals surface area contributed by atoms with Gasteiger partial charge in [-0.15, -0.1) is 11.3 Å². The Balaban J connectivity index is 1.52. The third-order valence-electron chi connectivity index (χ3n) is 4.50. The predicted octanol–water partition coefficient (Wildman–Crippen LogP) is 2.34. The second kappa shape index (κ2) is 7.35. The fourth-order valence-electron chi connectivity index (χ4n) is 3.19. The van der Waals surface area contributed by atoms with E-state index in [9.17, 15) is 9.90 Å². The van der Waals surface area contributed by atoms with Crippen LogP contribution in [-0.4, -0.2) is 42.6 Å². The first-order valence-electron chi connectivity index (χ1n) is 8.51. The van der Waals surface area contributed by atoms with Crippen LogP contribution in [0.15, 0.2) is 42.7 Å². The van der Waals surface area contributed by atoms with Crippen LogP contribution in [0.3, 0.4) is 0 Å². The third-order valence-corrected chi connectivity index (χ3v) is 5.48. The average Bonchev–Trinajstić information content (AvgIpc) is 3.39. The van der Waals surface area contributed by atoms with Gasteiger partial charge in [0.1, 0.15) is 12.1 Å². The summed E-state index contributed by atoms with van der Waals surface area (Å²) in [5.41, 5.74) is 1.52. The Morgan fingerprint density at radius 3 is 3.08 bits per heavy atom. The zero-order valence-corrected chi connectivity index (χ0v) is 14.9. The Morgan fingerprint density at radius 2 is 2.31 bits per heavy atom. The van der Waals surface area contributed by atoms with Gasteiger partial charge in [0.05, 0.1) is 22.9 Å². The number of carbonyl (C=O) groups is 1. The second-order valence-corrected chi connectivity index (χ2v) is 7.39. The lowest BCUT2D eigenvalue weighted by Gasteiger charge is -2.14. The Bertz CT molecular complexity index is 893. The number of rotatable bonds is 6. The molecule has 0 aliphatic heterocycles. The minimum atomic E-state index is -0.281. The van der Waals surface area contributed by atoms with Crippen LogP contribution in [0.5, 0.6) is 0 Å². The third kappa shape index (κ3) is 3.66. The van der Waals surface area contributed by atoms with E-state index in [4.69, 9.17) is 0 Å². The number of hydrogen-bond acceptors (Lipinski definition) is 7. The summed E-state index contributed by atoms with van der Waals surface area (Å²) < 4.78 is 1.96. The molecule has 0 aromatic carbocycles. The highest BCUT2D eigenvalue weighted by Crippen LogP contribution is 2.26. The van der Waals surface area contributed by atoms with Crippen LogP contribution in [0.2, 0.25) is 0 Å². The van der Waals surface area contributed by atoms with Gasteiger partial charge in [-0.1, -0.05) is 0 Å². The van der Waals surface area contributed by atoms with Gasteiger partial charge in [-0.3, -0.25) is 4.79 Å². The highest BCUT2D eigenvalue weighted by molar-refractivity contribution is 7.12. The molecule has 3 aromatic heterocycles. The molecule has 2 atom stereocenters. The normalized spacial score (nSPS) is 19.6. The van der Waals surface area contributed by atoms with Crippen molar-refractivity contribution in [3.63, 3.8) is 0 Å². The summed E-state index contributed by atoms with van der Waals surface area (Å²) in [5.74, 6) is 0.446. The number of thiophene rings is 1. The van der Waals surface area contributed by atoms with Crippen LogP contribution < -0.4 is 5.32 Å². The molecule has 134 valence electrons. The molecule has 0 spiro atoms. The number of ketones is 1. The molecule has 3 heterocycles. The second-order valence-electron chi connectivity index (χ2n) is 6.48. The number of anilines is 1. The molecule has 1 saturated carbocycles. The van der Waals surface area contributed by atoms with Gasteiger partial charge in [-0.2, -0.15) is 0 Å². The molecular formula is C18H19N5O2S. The summed E-state index contributed by atoms with van der Waals surface area (Å²) in [6.45, 7) is 0.681. The van der Waals surface area contributed by atoms with Crippen molar-refractivity contribution in [2.24, 2.45) is 0 Å². The molecule has 1 aliphatic rings. The topological polar surface area (TPSA) is 92.9 Å². The van der Waals surface area contributed by atoms with Gasteiger partial charge in [-0.05, 0) is 36.3 Å². The molecule has 26 heavy (non-hydrogen) atoms. The van der Waals surface area contributed by atoms with Crippen LogP contribution in [0, 0.1) is 0 Å². The number of hydrogen-bond donors (Lipinski definition) is 2. The SMILES string of the molecule is O=C(c1cc(Cn2ccnc2)cs1)c1cncnc1N[C@@H]1CC[C@H](O)C1. The zero-order valence-electron chi connectivity index (χ0n) is 14.1. The van der Waals surface area contributed by atoms with Gasteiger partial charge in [0.25, 0.3) is 0 Å². The lowest BCUT2D eigenvalue weighted by molar-refractivity contribution is 0.104. The fraction of sp³-hybridized carbons (Fsp3) is 0.333. The van der Waals surface area contributed by atoms with Gasteiger partial charge < -0.3 is 15.0 Å². The van der Waals surface area contributed by atoms with Crippen LogP contribution in [-0.2, 0) is 6.54 Å². The van der Waals surface area contributed by atoms with E-state index in [-0.39, 0.29) is 17.9 Å². The minimum Gasteiger partial charge on any atom is -0.393 e. The number of imidazole rings is 1. The van der Waals surface area contributed by atoms with E-state index in [1.807, 2.05) is 22.2 Å². The molecular weight excluding hydrogens is 350 g/mol. The minimum absolute atomic E-state index is 0.0893. The van der Waals surface area contributed by atoms with E-state index in [0.717, 1.165) is 18.4 Å². The molecule has 2 N–H and O–H groups in total. The van der Waals surface area contributed by atoms with E-state index >= 15 is 0 Å². The van der Waals surface area contributed by atoms with Crippen molar-refractivity contribution in [3.8, 4) is 0 Å². The smallest absolute Gasteiger partial charge is 0.208 e. The lowest BCUT2D eigenvalue weighted by atomic mass is 10.1. The van der Waals surface area contributed by atoms with Crippen LogP contribution in [0.4, 0.5) is 5.82 Å². The first-order chi connectivity index (χ1) is 12.7. The van der Waals surface area contributed by atoms with Crippen molar-refractivity contribution in [1.29, 1.82) is 0 Å². The summed E-state index contributed by atoms with van der Waals surface area (Å²) in [6, 6.07) is 2.04. The van der Waals surface area contributed by atoms with E-state index in [0.29, 0.717) is 29.2 Å². The Labute approximate surface area is 154 Å².